The van der Waals surface area contributed by atoms with Crippen molar-refractivity contribution in [1.29, 1.82) is 0 Å². The van der Waals surface area contributed by atoms with E-state index >= 15 is 0 Å². The van der Waals surface area contributed by atoms with Gasteiger partial charge < -0.3 is 10.3 Å². The number of nitrogens with two attached hydrogens (primary N) is 1. The van der Waals surface area contributed by atoms with Crippen molar-refractivity contribution >= 4 is 0 Å². The first kappa shape index (κ1) is 12.2. The van der Waals surface area contributed by atoms with Crippen LogP contribution in [0.2, 0.25) is 0 Å². The molecule has 1 aliphatic heterocycles. The molecule has 2 atom stereocenters. The molecule has 2 heterocycles. The van der Waals surface area contributed by atoms with Crippen LogP contribution in [-0.2, 0) is 13.1 Å². The van der Waals surface area contributed by atoms with Crippen molar-refractivity contribution in [2.24, 2.45) is 11.7 Å². The Morgan fingerprint density at radius 2 is 2.39 bits per heavy atom. The predicted octanol–water partition coefficient (Wildman–Crippen LogP) is 1.61. The van der Waals surface area contributed by atoms with Crippen LogP contribution in [0.15, 0.2) is 12.4 Å². The number of rotatable bonds is 2. The first-order chi connectivity index (χ1) is 8.65. The Morgan fingerprint density at radius 3 is 3.22 bits per heavy atom. The van der Waals surface area contributed by atoms with Crippen LogP contribution in [0.1, 0.15) is 38.4 Å². The minimum absolute atomic E-state index is 0.0342. The molecule has 1 aliphatic carbocycles. The molecule has 2 unspecified atom stereocenters. The van der Waals surface area contributed by atoms with Crippen LogP contribution in [0.4, 0.5) is 0 Å². The van der Waals surface area contributed by atoms with Crippen LogP contribution < -0.4 is 5.73 Å². The van der Waals surface area contributed by atoms with Gasteiger partial charge in [0.25, 0.3) is 0 Å². The summed E-state index contributed by atoms with van der Waals surface area (Å²) in [6.07, 6.45) is 8.98. The Hall–Kier alpha value is -0.870. The maximum Gasteiger partial charge on any atom is 0.122 e. The standard InChI is InChI=1S/C14H24N4/c1-12-3-2-4-14(15,9-12)11-17-7-8-18-6-5-16-13(18)10-17/h5-6,12H,2-4,7-11,15H2,1H3. The lowest BCUT2D eigenvalue weighted by Gasteiger charge is -2.41. The Labute approximate surface area is 109 Å². The Kier molecular flexibility index (Phi) is 3.16. The highest BCUT2D eigenvalue weighted by Gasteiger charge is 2.33. The van der Waals surface area contributed by atoms with E-state index in [9.17, 15) is 0 Å². The van der Waals surface area contributed by atoms with E-state index in [-0.39, 0.29) is 5.54 Å². The molecular weight excluding hydrogens is 224 g/mol. The second kappa shape index (κ2) is 4.67. The van der Waals surface area contributed by atoms with E-state index < -0.39 is 0 Å². The van der Waals surface area contributed by atoms with Gasteiger partial charge in [-0.2, -0.15) is 0 Å². The van der Waals surface area contributed by atoms with E-state index in [2.05, 4.69) is 27.6 Å². The summed E-state index contributed by atoms with van der Waals surface area (Å²) in [4.78, 5) is 6.90. The third-order valence-electron chi connectivity index (χ3n) is 4.49. The van der Waals surface area contributed by atoms with Crippen LogP contribution >= 0.6 is 0 Å². The molecule has 1 aromatic rings. The summed E-state index contributed by atoms with van der Waals surface area (Å²) in [7, 11) is 0. The zero-order valence-corrected chi connectivity index (χ0v) is 11.3. The summed E-state index contributed by atoms with van der Waals surface area (Å²) in [6.45, 7) is 6.49. The van der Waals surface area contributed by atoms with Gasteiger partial charge in [0, 0.05) is 37.6 Å². The summed E-state index contributed by atoms with van der Waals surface area (Å²) in [5, 5.41) is 0. The third-order valence-corrected chi connectivity index (χ3v) is 4.49. The van der Waals surface area contributed by atoms with Crippen LogP contribution in [-0.4, -0.2) is 33.1 Å². The molecule has 0 spiro atoms. The Balaban J connectivity index is 1.63. The van der Waals surface area contributed by atoms with Gasteiger partial charge in [-0.3, -0.25) is 4.90 Å². The Morgan fingerprint density at radius 1 is 1.50 bits per heavy atom. The molecular formula is C14H24N4. The van der Waals surface area contributed by atoms with Crippen LogP contribution in [0, 0.1) is 5.92 Å². The molecule has 1 saturated carbocycles. The topological polar surface area (TPSA) is 47.1 Å². The van der Waals surface area contributed by atoms with Gasteiger partial charge in [-0.15, -0.1) is 0 Å². The molecule has 4 heteroatoms. The smallest absolute Gasteiger partial charge is 0.122 e. The summed E-state index contributed by atoms with van der Waals surface area (Å²) in [5.74, 6) is 1.98. The first-order valence-corrected chi connectivity index (χ1v) is 7.16. The molecule has 0 aromatic carbocycles. The summed E-state index contributed by atoms with van der Waals surface area (Å²) in [6, 6.07) is 0. The average Bonchev–Trinajstić information content (AvgIpc) is 2.75. The zero-order valence-electron chi connectivity index (χ0n) is 11.3. The minimum atomic E-state index is 0.0342. The van der Waals surface area contributed by atoms with Gasteiger partial charge in [0.2, 0.25) is 0 Å². The summed E-state index contributed by atoms with van der Waals surface area (Å²) >= 11 is 0. The zero-order chi connectivity index (χ0) is 12.6. The van der Waals surface area contributed by atoms with Crippen LogP contribution in [0.3, 0.4) is 0 Å². The maximum atomic E-state index is 6.61. The fraction of sp³-hybridized carbons (Fsp3) is 0.786. The van der Waals surface area contributed by atoms with Gasteiger partial charge in [0.1, 0.15) is 5.82 Å². The number of imidazole rings is 1. The van der Waals surface area contributed by atoms with Crippen molar-refractivity contribution < 1.29 is 0 Å². The van der Waals surface area contributed by atoms with Gasteiger partial charge in [-0.25, -0.2) is 4.98 Å². The van der Waals surface area contributed by atoms with Crippen LogP contribution in [0.5, 0.6) is 0 Å². The maximum absolute atomic E-state index is 6.61. The fourth-order valence-electron chi connectivity index (χ4n) is 3.65. The average molecular weight is 248 g/mol. The molecule has 0 amide bonds. The number of fused-ring (bicyclic) bond motifs is 1. The molecule has 2 aliphatic rings. The van der Waals surface area contributed by atoms with E-state index in [0.717, 1.165) is 32.1 Å². The second-order valence-electron chi connectivity index (χ2n) is 6.31. The molecule has 2 N–H and O–H groups in total. The van der Waals surface area contributed by atoms with Crippen molar-refractivity contribution in [3.05, 3.63) is 18.2 Å². The largest absolute Gasteiger partial charge is 0.333 e. The third kappa shape index (κ3) is 2.45. The van der Waals surface area contributed by atoms with Gasteiger partial charge in [0.05, 0.1) is 6.54 Å². The van der Waals surface area contributed by atoms with Crippen molar-refractivity contribution in [1.82, 2.24) is 14.5 Å². The number of nitrogens with zero attached hydrogens (tertiary/aromatic N) is 3. The SMILES string of the molecule is CC1CCCC(N)(CN2CCn3ccnc3C2)C1. The summed E-state index contributed by atoms with van der Waals surface area (Å²) < 4.78 is 2.25. The van der Waals surface area contributed by atoms with E-state index in [1.165, 1.54) is 31.5 Å². The number of hydrogen-bond donors (Lipinski definition) is 1. The lowest BCUT2D eigenvalue weighted by Crippen LogP contribution is -2.53. The molecule has 0 bridgehead atoms. The molecule has 4 nitrogen and oxygen atoms in total. The van der Waals surface area contributed by atoms with Crippen molar-refractivity contribution in [3.8, 4) is 0 Å². The molecule has 1 fully saturated rings. The molecule has 18 heavy (non-hydrogen) atoms. The van der Waals surface area contributed by atoms with Crippen molar-refractivity contribution in [2.45, 2.75) is 51.2 Å². The summed E-state index contributed by atoms with van der Waals surface area (Å²) in [5.41, 5.74) is 6.64. The van der Waals surface area contributed by atoms with Crippen LogP contribution in [0.25, 0.3) is 0 Å². The molecule has 0 saturated heterocycles. The molecule has 0 radical (unpaired) electrons. The lowest BCUT2D eigenvalue weighted by molar-refractivity contribution is 0.127. The van der Waals surface area contributed by atoms with E-state index in [4.69, 9.17) is 5.73 Å². The van der Waals surface area contributed by atoms with Crippen molar-refractivity contribution in [2.75, 3.05) is 13.1 Å². The number of hydrogen-bond acceptors (Lipinski definition) is 3. The quantitative estimate of drug-likeness (QED) is 0.865. The predicted molar refractivity (Wildman–Crippen MR) is 72.1 cm³/mol. The molecule has 1 aromatic heterocycles. The monoisotopic (exact) mass is 248 g/mol. The minimum Gasteiger partial charge on any atom is -0.333 e. The van der Waals surface area contributed by atoms with Gasteiger partial charge in [-0.1, -0.05) is 19.8 Å². The van der Waals surface area contributed by atoms with E-state index in [0.29, 0.717) is 0 Å². The number of aromatic nitrogens is 2. The van der Waals surface area contributed by atoms with E-state index in [1.54, 1.807) is 0 Å². The molecule has 3 rings (SSSR count). The highest BCUT2D eigenvalue weighted by atomic mass is 15.2. The second-order valence-corrected chi connectivity index (χ2v) is 6.31. The lowest BCUT2D eigenvalue weighted by atomic mass is 9.76. The molecule has 100 valence electrons. The fourth-order valence-corrected chi connectivity index (χ4v) is 3.65. The first-order valence-electron chi connectivity index (χ1n) is 7.16. The van der Waals surface area contributed by atoms with E-state index in [1.807, 2.05) is 6.20 Å². The normalized spacial score (nSPS) is 33.3. The highest BCUT2D eigenvalue weighted by Crippen LogP contribution is 2.31. The van der Waals surface area contributed by atoms with Gasteiger partial charge in [-0.05, 0) is 18.8 Å². The van der Waals surface area contributed by atoms with Gasteiger partial charge >= 0.3 is 0 Å². The van der Waals surface area contributed by atoms with Gasteiger partial charge in [0.15, 0.2) is 0 Å². The van der Waals surface area contributed by atoms with Crippen molar-refractivity contribution in [3.63, 3.8) is 0 Å². The highest BCUT2D eigenvalue weighted by molar-refractivity contribution is 4.98. The Bertz CT molecular complexity index is 414.